The summed E-state index contributed by atoms with van der Waals surface area (Å²) in [6.45, 7) is 2.18. The van der Waals surface area contributed by atoms with Crippen LogP contribution in [0.25, 0.3) is 12.2 Å². The van der Waals surface area contributed by atoms with Crippen LogP contribution >= 0.6 is 0 Å². The van der Waals surface area contributed by atoms with Gasteiger partial charge < -0.3 is 5.11 Å². The quantitative estimate of drug-likeness (QED) is 0.600. The number of benzene rings is 1. The van der Waals surface area contributed by atoms with E-state index in [4.69, 9.17) is 0 Å². The first kappa shape index (κ1) is 7.41. The van der Waals surface area contributed by atoms with Crippen LogP contribution in [0, 0.1) is 5.92 Å². The topological polar surface area (TPSA) is 20.2 Å². The van der Waals surface area contributed by atoms with Gasteiger partial charge in [0.25, 0.3) is 0 Å². The molecule has 0 aliphatic heterocycles. The minimum absolute atomic E-state index is 0.354. The number of rotatable bonds is 0. The largest absolute Gasteiger partial charge is 0.508 e. The maximum Gasteiger partial charge on any atom is 0.116 e. The molecule has 1 atom stereocenters. The fraction of sp³-hybridized carbons (Fsp3) is 0.273. The standard InChI is InChI=1S/C11H12O/c1-8-2-3-9-4-5-11(12)7-10(9)6-8/h3-8,12H,2H2,1H3. The van der Waals surface area contributed by atoms with E-state index in [1.54, 1.807) is 6.07 Å². The first-order chi connectivity index (χ1) is 5.75. The number of phenols is 1. The minimum Gasteiger partial charge on any atom is -0.508 e. The van der Waals surface area contributed by atoms with Crippen LogP contribution in [-0.4, -0.2) is 5.11 Å². The maximum atomic E-state index is 9.24. The molecule has 1 nitrogen and oxygen atoms in total. The molecule has 0 heterocycles. The van der Waals surface area contributed by atoms with Gasteiger partial charge in [-0.25, -0.2) is 0 Å². The van der Waals surface area contributed by atoms with Gasteiger partial charge in [0.1, 0.15) is 5.75 Å². The normalized spacial score (nSPS) is 20.6. The summed E-state index contributed by atoms with van der Waals surface area (Å²) in [6.07, 6.45) is 5.53. The Labute approximate surface area is 71.7 Å². The van der Waals surface area contributed by atoms with Crippen LogP contribution in [0.15, 0.2) is 18.2 Å². The Balaban J connectivity index is 2.72. The molecule has 2 rings (SSSR count). The van der Waals surface area contributed by atoms with Gasteiger partial charge in [0.2, 0.25) is 0 Å². The van der Waals surface area contributed by atoms with Crippen molar-refractivity contribution in [1.29, 1.82) is 0 Å². The van der Waals surface area contributed by atoms with E-state index in [0.717, 1.165) is 11.6 Å². The van der Waals surface area contributed by atoms with E-state index in [1.807, 2.05) is 12.1 Å². The number of hydrogen-bond acceptors (Lipinski definition) is 1. The van der Waals surface area contributed by atoms with E-state index in [0.29, 0.717) is 11.7 Å². The van der Waals surface area contributed by atoms with E-state index in [-0.39, 0.29) is 0 Å². The lowest BCUT2D eigenvalue weighted by Gasteiger charge is -2.07. The van der Waals surface area contributed by atoms with Gasteiger partial charge in [-0.1, -0.05) is 25.1 Å². The second-order valence-electron chi connectivity index (χ2n) is 3.40. The summed E-state index contributed by atoms with van der Waals surface area (Å²) < 4.78 is 0. The summed E-state index contributed by atoms with van der Waals surface area (Å²) in [7, 11) is 0. The monoisotopic (exact) mass is 160 g/mol. The number of hydrogen-bond donors (Lipinski definition) is 1. The third kappa shape index (κ3) is 1.22. The van der Waals surface area contributed by atoms with E-state index in [1.165, 1.54) is 5.22 Å². The molecule has 1 N–H and O–H groups in total. The number of aromatic hydroxyl groups is 1. The highest BCUT2D eigenvalue weighted by atomic mass is 16.3. The van der Waals surface area contributed by atoms with Crippen LogP contribution in [0.2, 0.25) is 0 Å². The average molecular weight is 160 g/mol. The van der Waals surface area contributed by atoms with Gasteiger partial charge in [-0.05, 0) is 34.9 Å². The zero-order valence-corrected chi connectivity index (χ0v) is 7.12. The van der Waals surface area contributed by atoms with Crippen molar-refractivity contribution in [3.63, 3.8) is 0 Å². The molecule has 1 aliphatic carbocycles. The Morgan fingerprint density at radius 1 is 1.33 bits per heavy atom. The molecule has 0 saturated heterocycles. The molecule has 62 valence electrons. The molecule has 0 fully saturated rings. The van der Waals surface area contributed by atoms with Crippen LogP contribution in [0.4, 0.5) is 0 Å². The van der Waals surface area contributed by atoms with Crippen LogP contribution in [-0.2, 0) is 0 Å². The van der Waals surface area contributed by atoms with Crippen molar-refractivity contribution < 1.29 is 5.11 Å². The van der Waals surface area contributed by atoms with Crippen molar-refractivity contribution in [2.45, 2.75) is 13.3 Å². The maximum absolute atomic E-state index is 9.24. The summed E-state index contributed by atoms with van der Waals surface area (Å²) in [5.41, 5.74) is 0. The molecular formula is C11H12O. The van der Waals surface area contributed by atoms with E-state index in [9.17, 15) is 5.11 Å². The second-order valence-corrected chi connectivity index (χ2v) is 3.40. The Kier molecular flexibility index (Phi) is 1.65. The zero-order chi connectivity index (χ0) is 8.55. The van der Waals surface area contributed by atoms with Crippen LogP contribution in [0.3, 0.4) is 0 Å². The van der Waals surface area contributed by atoms with Gasteiger partial charge in [-0.2, -0.15) is 0 Å². The van der Waals surface area contributed by atoms with Crippen LogP contribution in [0.5, 0.6) is 5.75 Å². The molecule has 1 aliphatic rings. The molecule has 0 amide bonds. The fourth-order valence-electron chi connectivity index (χ4n) is 1.58. The van der Waals surface area contributed by atoms with Crippen molar-refractivity contribution in [2.24, 2.45) is 5.92 Å². The molecule has 0 radical (unpaired) electrons. The summed E-state index contributed by atoms with van der Waals surface area (Å²) in [4.78, 5) is 0. The molecule has 0 aromatic heterocycles. The predicted molar refractivity (Wildman–Crippen MR) is 50.1 cm³/mol. The molecule has 0 spiro atoms. The minimum atomic E-state index is 0.354. The van der Waals surface area contributed by atoms with E-state index >= 15 is 0 Å². The highest BCUT2D eigenvalue weighted by molar-refractivity contribution is 5.42. The van der Waals surface area contributed by atoms with Gasteiger partial charge in [-0.15, -0.1) is 0 Å². The van der Waals surface area contributed by atoms with Crippen molar-refractivity contribution >= 4 is 12.2 Å². The van der Waals surface area contributed by atoms with Gasteiger partial charge in [0.15, 0.2) is 0 Å². The lowest BCUT2D eigenvalue weighted by Crippen LogP contribution is -2.27. The molecular weight excluding hydrogens is 148 g/mol. The Morgan fingerprint density at radius 3 is 3.00 bits per heavy atom. The van der Waals surface area contributed by atoms with Crippen molar-refractivity contribution in [1.82, 2.24) is 0 Å². The average Bonchev–Trinajstić information content (AvgIpc) is 2.03. The number of fused-ring (bicyclic) bond motifs is 1. The number of phenolic OH excluding ortho intramolecular Hbond substituents is 1. The lowest BCUT2D eigenvalue weighted by molar-refractivity contribution is 0.474. The van der Waals surface area contributed by atoms with Crippen molar-refractivity contribution in [3.8, 4) is 5.75 Å². The molecule has 1 heteroatoms. The first-order valence-corrected chi connectivity index (χ1v) is 4.27. The van der Waals surface area contributed by atoms with Gasteiger partial charge in [-0.3, -0.25) is 0 Å². The molecule has 12 heavy (non-hydrogen) atoms. The van der Waals surface area contributed by atoms with Crippen molar-refractivity contribution in [2.75, 3.05) is 0 Å². The summed E-state index contributed by atoms with van der Waals surface area (Å²) in [5, 5.41) is 11.6. The van der Waals surface area contributed by atoms with Gasteiger partial charge >= 0.3 is 0 Å². The van der Waals surface area contributed by atoms with E-state index in [2.05, 4.69) is 19.1 Å². The predicted octanol–water partition coefficient (Wildman–Crippen LogP) is 0.993. The summed E-state index contributed by atoms with van der Waals surface area (Å²) >= 11 is 0. The fourth-order valence-corrected chi connectivity index (χ4v) is 1.58. The Morgan fingerprint density at radius 2 is 2.17 bits per heavy atom. The second kappa shape index (κ2) is 2.67. The Bertz CT molecular complexity index is 404. The summed E-state index contributed by atoms with van der Waals surface area (Å²) in [5.74, 6) is 0.951. The smallest absolute Gasteiger partial charge is 0.116 e. The van der Waals surface area contributed by atoms with Gasteiger partial charge in [0.05, 0.1) is 0 Å². The highest BCUT2D eigenvalue weighted by Crippen LogP contribution is 2.07. The first-order valence-electron chi connectivity index (χ1n) is 4.27. The van der Waals surface area contributed by atoms with Crippen LogP contribution in [0.1, 0.15) is 13.3 Å². The van der Waals surface area contributed by atoms with Crippen LogP contribution < -0.4 is 10.4 Å². The van der Waals surface area contributed by atoms with E-state index < -0.39 is 0 Å². The molecule has 1 aromatic carbocycles. The molecule has 0 saturated carbocycles. The third-order valence-corrected chi connectivity index (χ3v) is 2.24. The van der Waals surface area contributed by atoms with Crippen molar-refractivity contribution in [3.05, 3.63) is 28.6 Å². The summed E-state index contributed by atoms with van der Waals surface area (Å²) in [6, 6.07) is 5.52. The molecule has 0 bridgehead atoms. The SMILES string of the molecule is CC1C=c2cc(O)ccc2=CC1. The molecule has 1 aromatic rings. The highest BCUT2D eigenvalue weighted by Gasteiger charge is 2.00. The third-order valence-electron chi connectivity index (χ3n) is 2.24. The zero-order valence-electron chi connectivity index (χ0n) is 7.12. The lowest BCUT2D eigenvalue weighted by atomic mass is 9.99. The van der Waals surface area contributed by atoms with Gasteiger partial charge in [0, 0.05) is 0 Å². The Hall–Kier alpha value is -1.24. The molecule has 1 unspecified atom stereocenters.